The third-order valence-electron chi connectivity index (χ3n) is 2.64. The second kappa shape index (κ2) is 4.58. The van der Waals surface area contributed by atoms with E-state index in [0.29, 0.717) is 0 Å². The highest BCUT2D eigenvalue weighted by Crippen LogP contribution is 2.32. The smallest absolute Gasteiger partial charge is 0.262 e. The van der Waals surface area contributed by atoms with Crippen LogP contribution in [0.2, 0.25) is 0 Å². The molecule has 4 nitrogen and oxygen atoms in total. The predicted molar refractivity (Wildman–Crippen MR) is 52.5 cm³/mol. The molecule has 104 valence electrons. The molecule has 0 saturated heterocycles. The quantitative estimate of drug-likeness (QED) is 0.270. The number of benzene rings is 1. The van der Waals surface area contributed by atoms with Gasteiger partial charge in [-0.3, -0.25) is 14.4 Å². The minimum atomic E-state index is -2.42. The predicted octanol–water partition coefficient (Wildman–Crippen LogP) is 1.21. The fourth-order valence-electron chi connectivity index (χ4n) is 1.71. The molecule has 1 atom stereocenters. The van der Waals surface area contributed by atoms with Crippen LogP contribution in [0.1, 0.15) is 11.5 Å². The van der Waals surface area contributed by atoms with E-state index < -0.39 is 58.0 Å². The maximum absolute atomic E-state index is 13.5. The number of carbonyl (C=O) groups excluding carboxylic acids is 3. The maximum Gasteiger partial charge on any atom is 0.262 e. The molecule has 1 unspecified atom stereocenters. The first-order valence-electron chi connectivity index (χ1n) is 4.94. The Kier molecular flexibility index (Phi) is 3.20. The first kappa shape index (κ1) is 14.0. The van der Waals surface area contributed by atoms with Crippen LogP contribution in [0.15, 0.2) is 4.99 Å². The van der Waals surface area contributed by atoms with E-state index in [1.807, 2.05) is 0 Å². The molecule has 0 radical (unpaired) electrons. The van der Waals surface area contributed by atoms with Gasteiger partial charge < -0.3 is 0 Å². The molecule has 1 aromatic rings. The summed E-state index contributed by atoms with van der Waals surface area (Å²) in [6, 6.07) is 0. The van der Waals surface area contributed by atoms with Crippen molar-refractivity contribution in [3.63, 3.8) is 0 Å². The Bertz CT molecular complexity index is 669. The Labute approximate surface area is 106 Å². The van der Waals surface area contributed by atoms with E-state index in [0.717, 1.165) is 0 Å². The van der Waals surface area contributed by atoms with Crippen LogP contribution in [0.5, 0.6) is 0 Å². The SMILES string of the molecule is O=CC1=NC(=O)C(c2c(F)c(F)c(F)c(F)c2F)C1=O. The van der Waals surface area contributed by atoms with Gasteiger partial charge in [0.1, 0.15) is 5.92 Å². The number of carbonyl (C=O) groups is 3. The Morgan fingerprint density at radius 2 is 1.30 bits per heavy atom. The molecular formula is C11H2F5NO3. The number of aliphatic imine (C=N–C) groups is 1. The van der Waals surface area contributed by atoms with E-state index in [2.05, 4.69) is 4.99 Å². The van der Waals surface area contributed by atoms with E-state index in [-0.39, 0.29) is 6.29 Å². The largest absolute Gasteiger partial charge is 0.296 e. The zero-order valence-corrected chi connectivity index (χ0v) is 9.22. The van der Waals surface area contributed by atoms with E-state index in [1.54, 1.807) is 0 Å². The van der Waals surface area contributed by atoms with Gasteiger partial charge in [0, 0.05) is 0 Å². The number of halogens is 5. The molecule has 0 N–H and O–H groups in total. The van der Waals surface area contributed by atoms with Crippen molar-refractivity contribution in [2.24, 2.45) is 4.99 Å². The normalized spacial score (nSPS) is 18.4. The lowest BCUT2D eigenvalue weighted by Gasteiger charge is -2.11. The lowest BCUT2D eigenvalue weighted by molar-refractivity contribution is -0.123. The van der Waals surface area contributed by atoms with E-state index in [1.165, 1.54) is 0 Å². The molecule has 1 aliphatic rings. The lowest BCUT2D eigenvalue weighted by atomic mass is 9.93. The van der Waals surface area contributed by atoms with Crippen molar-refractivity contribution in [1.82, 2.24) is 0 Å². The summed E-state index contributed by atoms with van der Waals surface area (Å²) in [7, 11) is 0. The molecule has 0 aromatic heterocycles. The summed E-state index contributed by atoms with van der Waals surface area (Å²) < 4.78 is 65.8. The van der Waals surface area contributed by atoms with Gasteiger partial charge in [-0.1, -0.05) is 0 Å². The second-order valence-electron chi connectivity index (χ2n) is 3.73. The van der Waals surface area contributed by atoms with Crippen LogP contribution in [-0.4, -0.2) is 23.7 Å². The first-order valence-corrected chi connectivity index (χ1v) is 4.94. The second-order valence-corrected chi connectivity index (χ2v) is 3.73. The average molecular weight is 291 g/mol. The van der Waals surface area contributed by atoms with Gasteiger partial charge in [0.25, 0.3) is 5.91 Å². The van der Waals surface area contributed by atoms with E-state index in [4.69, 9.17) is 0 Å². The molecule has 0 bridgehead atoms. The molecule has 0 spiro atoms. The van der Waals surface area contributed by atoms with Crippen molar-refractivity contribution in [3.05, 3.63) is 34.6 Å². The summed E-state index contributed by atoms with van der Waals surface area (Å²) in [4.78, 5) is 36.1. The Morgan fingerprint density at radius 1 is 0.850 bits per heavy atom. The maximum atomic E-state index is 13.5. The molecular weight excluding hydrogens is 289 g/mol. The number of hydrogen-bond acceptors (Lipinski definition) is 3. The number of ketones is 1. The van der Waals surface area contributed by atoms with Crippen LogP contribution < -0.4 is 0 Å². The fraction of sp³-hybridized carbons (Fsp3) is 0.0909. The van der Waals surface area contributed by atoms with Crippen LogP contribution >= 0.6 is 0 Å². The summed E-state index contributed by atoms with van der Waals surface area (Å²) in [6.07, 6.45) is -0.147. The van der Waals surface area contributed by atoms with Crippen LogP contribution in [0.25, 0.3) is 0 Å². The Hall–Kier alpha value is -2.45. The van der Waals surface area contributed by atoms with Gasteiger partial charge in [0.15, 0.2) is 35.3 Å². The number of aldehydes is 1. The van der Waals surface area contributed by atoms with E-state index >= 15 is 0 Å². The number of nitrogens with zero attached hydrogens (tertiary/aromatic N) is 1. The summed E-state index contributed by atoms with van der Waals surface area (Å²) in [6.45, 7) is 0. The van der Waals surface area contributed by atoms with Gasteiger partial charge in [-0.05, 0) is 0 Å². The highest BCUT2D eigenvalue weighted by atomic mass is 19.2. The standard InChI is InChI=1S/C11H2F5NO3/c12-5-3(6(13)8(15)9(16)7(5)14)4-10(19)2(1-18)17-11(4)20/h1,4H. The van der Waals surface area contributed by atoms with Gasteiger partial charge in [0.2, 0.25) is 11.6 Å². The number of hydrogen-bond donors (Lipinski definition) is 0. The van der Waals surface area contributed by atoms with Crippen molar-refractivity contribution in [1.29, 1.82) is 0 Å². The monoisotopic (exact) mass is 291 g/mol. The summed E-state index contributed by atoms with van der Waals surface area (Å²) in [5.74, 6) is -16.9. The van der Waals surface area contributed by atoms with Crippen molar-refractivity contribution in [3.8, 4) is 0 Å². The minimum Gasteiger partial charge on any atom is -0.296 e. The van der Waals surface area contributed by atoms with Gasteiger partial charge in [-0.2, -0.15) is 0 Å². The van der Waals surface area contributed by atoms with Crippen molar-refractivity contribution in [2.45, 2.75) is 5.92 Å². The molecule has 0 aliphatic carbocycles. The number of rotatable bonds is 2. The summed E-state index contributed by atoms with van der Waals surface area (Å²) >= 11 is 0. The molecule has 1 aliphatic heterocycles. The molecule has 9 heteroatoms. The van der Waals surface area contributed by atoms with Gasteiger partial charge in [-0.25, -0.2) is 26.9 Å². The van der Waals surface area contributed by atoms with Crippen LogP contribution in [0.3, 0.4) is 0 Å². The van der Waals surface area contributed by atoms with Crippen LogP contribution in [0, 0.1) is 29.1 Å². The minimum absolute atomic E-state index is 0.147. The van der Waals surface area contributed by atoms with Crippen molar-refractivity contribution < 1.29 is 36.3 Å². The first-order chi connectivity index (χ1) is 9.31. The molecule has 20 heavy (non-hydrogen) atoms. The molecule has 1 aromatic carbocycles. The van der Waals surface area contributed by atoms with Crippen molar-refractivity contribution in [2.75, 3.05) is 0 Å². The average Bonchev–Trinajstić information content (AvgIpc) is 2.70. The highest BCUT2D eigenvalue weighted by molar-refractivity contribution is 6.66. The Morgan fingerprint density at radius 3 is 1.70 bits per heavy atom. The third-order valence-corrected chi connectivity index (χ3v) is 2.64. The molecule has 0 fully saturated rings. The zero-order chi connectivity index (χ0) is 15.2. The molecule has 2 rings (SSSR count). The van der Waals surface area contributed by atoms with Gasteiger partial charge in [0.05, 0.1) is 5.56 Å². The molecule has 1 amide bonds. The van der Waals surface area contributed by atoms with Crippen LogP contribution in [0.4, 0.5) is 22.0 Å². The Balaban J connectivity index is 2.70. The lowest BCUT2D eigenvalue weighted by Crippen LogP contribution is -2.23. The summed E-state index contributed by atoms with van der Waals surface area (Å²) in [5, 5.41) is 0. The highest BCUT2D eigenvalue weighted by Gasteiger charge is 2.43. The molecule has 1 heterocycles. The fourth-order valence-corrected chi connectivity index (χ4v) is 1.71. The van der Waals surface area contributed by atoms with Crippen LogP contribution in [-0.2, 0) is 14.4 Å². The summed E-state index contributed by atoms with van der Waals surface area (Å²) in [5.41, 5.74) is -2.55. The molecule has 0 saturated carbocycles. The van der Waals surface area contributed by atoms with Gasteiger partial charge in [-0.15, -0.1) is 0 Å². The van der Waals surface area contributed by atoms with Gasteiger partial charge >= 0.3 is 0 Å². The van der Waals surface area contributed by atoms with E-state index in [9.17, 15) is 36.3 Å². The number of Topliss-reactive ketones (excluding diaryl/α,β-unsaturated/α-hetero) is 1. The number of amides is 1. The zero-order valence-electron chi connectivity index (χ0n) is 9.22. The third kappa shape index (κ3) is 1.74. The van der Waals surface area contributed by atoms with Crippen molar-refractivity contribution >= 4 is 23.7 Å². The topological polar surface area (TPSA) is 63.6 Å².